The zero-order valence-corrected chi connectivity index (χ0v) is 11.3. The minimum atomic E-state index is 0.526. The van der Waals surface area contributed by atoms with E-state index in [4.69, 9.17) is 4.74 Å². The second-order valence-electron chi connectivity index (χ2n) is 5.62. The fourth-order valence-electron chi connectivity index (χ4n) is 3.05. The van der Waals surface area contributed by atoms with Crippen molar-refractivity contribution in [3.63, 3.8) is 0 Å². The summed E-state index contributed by atoms with van der Waals surface area (Å²) in [6, 6.07) is 0. The molecule has 0 aromatic heterocycles. The molecule has 17 heavy (non-hydrogen) atoms. The average molecular weight is 240 g/mol. The highest BCUT2D eigenvalue weighted by Crippen LogP contribution is 2.22. The molecule has 0 spiro atoms. The van der Waals surface area contributed by atoms with Gasteiger partial charge in [0, 0.05) is 13.2 Å². The Morgan fingerprint density at radius 2 is 2.00 bits per heavy atom. The number of hydrogen-bond acceptors (Lipinski definition) is 3. The van der Waals surface area contributed by atoms with Crippen LogP contribution in [-0.4, -0.2) is 50.8 Å². The van der Waals surface area contributed by atoms with E-state index in [1.165, 1.54) is 64.7 Å². The summed E-state index contributed by atoms with van der Waals surface area (Å²) in [5.74, 6) is 0.950. The van der Waals surface area contributed by atoms with Gasteiger partial charge in [0.15, 0.2) is 0 Å². The van der Waals surface area contributed by atoms with Crippen molar-refractivity contribution in [2.45, 2.75) is 44.6 Å². The summed E-state index contributed by atoms with van der Waals surface area (Å²) in [6.45, 7) is 5.92. The molecule has 1 atom stereocenters. The first-order valence-corrected chi connectivity index (χ1v) is 7.37. The van der Waals surface area contributed by atoms with Crippen LogP contribution in [0, 0.1) is 5.92 Å². The highest BCUT2D eigenvalue weighted by molar-refractivity contribution is 4.76. The average Bonchev–Trinajstić information content (AvgIpc) is 2.39. The Balaban J connectivity index is 1.61. The van der Waals surface area contributed by atoms with Gasteiger partial charge in [0.2, 0.25) is 0 Å². The summed E-state index contributed by atoms with van der Waals surface area (Å²) >= 11 is 0. The van der Waals surface area contributed by atoms with Gasteiger partial charge in [-0.2, -0.15) is 0 Å². The quantitative estimate of drug-likeness (QED) is 0.794. The molecule has 0 bridgehead atoms. The van der Waals surface area contributed by atoms with Gasteiger partial charge in [-0.15, -0.1) is 0 Å². The van der Waals surface area contributed by atoms with Crippen molar-refractivity contribution in [3.8, 4) is 0 Å². The topological polar surface area (TPSA) is 24.5 Å². The van der Waals surface area contributed by atoms with Crippen LogP contribution in [0.2, 0.25) is 0 Å². The zero-order chi connectivity index (χ0) is 11.9. The lowest BCUT2D eigenvalue weighted by Gasteiger charge is -2.35. The molecule has 3 heteroatoms. The maximum absolute atomic E-state index is 5.82. The Labute approximate surface area is 106 Å². The second kappa shape index (κ2) is 7.34. The number of rotatable bonds is 5. The Morgan fingerprint density at radius 3 is 2.65 bits per heavy atom. The minimum Gasteiger partial charge on any atom is -0.377 e. The van der Waals surface area contributed by atoms with E-state index in [0.717, 1.165) is 12.5 Å². The van der Waals surface area contributed by atoms with Crippen molar-refractivity contribution in [1.29, 1.82) is 0 Å². The maximum Gasteiger partial charge on any atom is 0.0702 e. The molecule has 2 rings (SSSR count). The summed E-state index contributed by atoms with van der Waals surface area (Å²) in [5.41, 5.74) is 0. The summed E-state index contributed by atoms with van der Waals surface area (Å²) in [5, 5.41) is 3.26. The number of ether oxygens (including phenoxy) is 1. The Morgan fingerprint density at radius 1 is 1.18 bits per heavy atom. The number of nitrogens with one attached hydrogen (secondary N) is 1. The number of hydrogen-bond donors (Lipinski definition) is 1. The maximum atomic E-state index is 5.82. The van der Waals surface area contributed by atoms with Crippen LogP contribution in [0.5, 0.6) is 0 Å². The van der Waals surface area contributed by atoms with Crippen LogP contribution in [0.15, 0.2) is 0 Å². The van der Waals surface area contributed by atoms with Crippen LogP contribution < -0.4 is 5.32 Å². The zero-order valence-electron chi connectivity index (χ0n) is 11.3. The van der Waals surface area contributed by atoms with Gasteiger partial charge in [-0.3, -0.25) is 0 Å². The Kier molecular flexibility index (Phi) is 5.75. The smallest absolute Gasteiger partial charge is 0.0702 e. The van der Waals surface area contributed by atoms with Crippen molar-refractivity contribution in [2.75, 3.05) is 39.8 Å². The molecule has 3 nitrogen and oxygen atoms in total. The molecular weight excluding hydrogens is 212 g/mol. The monoisotopic (exact) mass is 240 g/mol. The minimum absolute atomic E-state index is 0.526. The van der Waals surface area contributed by atoms with Crippen LogP contribution >= 0.6 is 0 Å². The van der Waals surface area contributed by atoms with Crippen molar-refractivity contribution < 1.29 is 4.74 Å². The molecule has 0 radical (unpaired) electrons. The van der Waals surface area contributed by atoms with Crippen LogP contribution in [0.4, 0.5) is 0 Å². The van der Waals surface area contributed by atoms with Crippen molar-refractivity contribution >= 4 is 0 Å². The molecule has 0 aromatic rings. The van der Waals surface area contributed by atoms with Gasteiger partial charge in [0.25, 0.3) is 0 Å². The van der Waals surface area contributed by atoms with Crippen LogP contribution in [0.1, 0.15) is 38.5 Å². The molecule has 0 saturated carbocycles. The number of nitrogens with zero attached hydrogens (tertiary/aromatic N) is 1. The lowest BCUT2D eigenvalue weighted by atomic mass is 9.93. The molecule has 1 N–H and O–H groups in total. The Hall–Kier alpha value is -0.120. The molecular formula is C14H28N2O. The Bertz CT molecular complexity index is 196. The summed E-state index contributed by atoms with van der Waals surface area (Å²) in [4.78, 5) is 2.62. The first-order chi connectivity index (χ1) is 8.38. The van der Waals surface area contributed by atoms with E-state index in [1.807, 2.05) is 0 Å². The van der Waals surface area contributed by atoms with Crippen molar-refractivity contribution in [1.82, 2.24) is 10.2 Å². The molecule has 1 unspecified atom stereocenters. The molecule has 2 fully saturated rings. The van der Waals surface area contributed by atoms with Gasteiger partial charge in [-0.05, 0) is 71.1 Å². The standard InChI is InChI=1S/C14H28N2O/c1-15-8-5-13-6-9-16(10-7-13)12-14-4-2-3-11-17-14/h13-15H,2-12H2,1H3. The molecule has 0 aliphatic carbocycles. The molecule has 2 aliphatic rings. The molecule has 0 amide bonds. The third-order valence-corrected chi connectivity index (χ3v) is 4.25. The third kappa shape index (κ3) is 4.57. The molecule has 2 heterocycles. The van der Waals surface area contributed by atoms with Crippen molar-refractivity contribution in [2.24, 2.45) is 5.92 Å². The number of likely N-dealkylation sites (tertiary alicyclic amines) is 1. The van der Waals surface area contributed by atoms with E-state index >= 15 is 0 Å². The second-order valence-corrected chi connectivity index (χ2v) is 5.62. The van der Waals surface area contributed by atoms with Gasteiger partial charge in [-0.25, -0.2) is 0 Å². The van der Waals surface area contributed by atoms with E-state index < -0.39 is 0 Å². The van der Waals surface area contributed by atoms with Gasteiger partial charge >= 0.3 is 0 Å². The van der Waals surface area contributed by atoms with Crippen molar-refractivity contribution in [3.05, 3.63) is 0 Å². The van der Waals surface area contributed by atoms with E-state index in [1.54, 1.807) is 0 Å². The summed E-state index contributed by atoms with van der Waals surface area (Å²) in [7, 11) is 2.05. The van der Waals surface area contributed by atoms with Crippen LogP contribution in [0.25, 0.3) is 0 Å². The van der Waals surface area contributed by atoms with Gasteiger partial charge in [-0.1, -0.05) is 0 Å². The fraction of sp³-hybridized carbons (Fsp3) is 1.00. The SMILES string of the molecule is CNCCC1CCN(CC2CCCCO2)CC1. The molecule has 2 aliphatic heterocycles. The van der Waals surface area contributed by atoms with Gasteiger partial charge in [0.05, 0.1) is 6.10 Å². The van der Waals surface area contributed by atoms with Crippen LogP contribution in [-0.2, 0) is 4.74 Å². The van der Waals surface area contributed by atoms with Gasteiger partial charge in [0.1, 0.15) is 0 Å². The first kappa shape index (κ1) is 13.3. The largest absolute Gasteiger partial charge is 0.377 e. The third-order valence-electron chi connectivity index (χ3n) is 4.25. The van der Waals surface area contributed by atoms with E-state index in [-0.39, 0.29) is 0 Å². The van der Waals surface area contributed by atoms with E-state index in [9.17, 15) is 0 Å². The first-order valence-electron chi connectivity index (χ1n) is 7.37. The lowest BCUT2D eigenvalue weighted by molar-refractivity contribution is -0.0114. The fourth-order valence-corrected chi connectivity index (χ4v) is 3.05. The van der Waals surface area contributed by atoms with E-state index in [0.29, 0.717) is 6.10 Å². The summed E-state index contributed by atoms with van der Waals surface area (Å²) in [6.07, 6.45) is 8.55. The van der Waals surface area contributed by atoms with Crippen LogP contribution in [0.3, 0.4) is 0 Å². The molecule has 0 aromatic carbocycles. The lowest BCUT2D eigenvalue weighted by Crippen LogP contribution is -2.41. The molecule has 100 valence electrons. The highest BCUT2D eigenvalue weighted by Gasteiger charge is 2.22. The summed E-state index contributed by atoms with van der Waals surface area (Å²) < 4.78 is 5.82. The molecule has 2 saturated heterocycles. The van der Waals surface area contributed by atoms with E-state index in [2.05, 4.69) is 17.3 Å². The predicted octanol–water partition coefficient (Wildman–Crippen LogP) is 1.88. The highest BCUT2D eigenvalue weighted by atomic mass is 16.5. The number of piperidine rings is 1. The predicted molar refractivity (Wildman–Crippen MR) is 71.3 cm³/mol. The van der Waals surface area contributed by atoms with Gasteiger partial charge < -0.3 is 15.0 Å². The normalized spacial score (nSPS) is 28.4.